The van der Waals surface area contributed by atoms with Crippen LogP contribution in [-0.2, 0) is 4.79 Å². The third-order valence-electron chi connectivity index (χ3n) is 4.33. The first-order valence-electron chi connectivity index (χ1n) is 7.86. The summed E-state index contributed by atoms with van der Waals surface area (Å²) in [6, 6.07) is 3.63. The molecule has 3 rings (SSSR count). The van der Waals surface area contributed by atoms with Gasteiger partial charge in [-0.25, -0.2) is 0 Å². The van der Waals surface area contributed by atoms with Crippen molar-refractivity contribution in [2.24, 2.45) is 5.92 Å². The highest BCUT2D eigenvalue weighted by Gasteiger charge is 2.38. The van der Waals surface area contributed by atoms with Crippen LogP contribution in [0, 0.1) is 12.8 Å². The predicted molar refractivity (Wildman–Crippen MR) is 82.4 cm³/mol. The van der Waals surface area contributed by atoms with Crippen molar-refractivity contribution >= 4 is 11.8 Å². The predicted octanol–water partition coefficient (Wildman–Crippen LogP) is 0.284. The van der Waals surface area contributed by atoms with Crippen LogP contribution in [0.4, 0.5) is 0 Å². The van der Waals surface area contributed by atoms with Crippen LogP contribution in [-0.4, -0.2) is 65.9 Å². The van der Waals surface area contributed by atoms with E-state index in [4.69, 9.17) is 0 Å². The summed E-state index contributed by atoms with van der Waals surface area (Å²) >= 11 is 0. The van der Waals surface area contributed by atoms with Gasteiger partial charge in [-0.2, -0.15) is 0 Å². The van der Waals surface area contributed by atoms with Crippen molar-refractivity contribution in [1.82, 2.24) is 20.1 Å². The van der Waals surface area contributed by atoms with Crippen LogP contribution in [0.3, 0.4) is 0 Å². The second kappa shape index (κ2) is 6.44. The molecule has 1 N–H and O–H groups in total. The first-order valence-corrected chi connectivity index (χ1v) is 7.86. The van der Waals surface area contributed by atoms with E-state index in [1.54, 1.807) is 17.2 Å². The van der Waals surface area contributed by atoms with Gasteiger partial charge in [0.2, 0.25) is 5.91 Å². The number of aromatic nitrogens is 1. The van der Waals surface area contributed by atoms with E-state index in [1.165, 1.54) is 0 Å². The van der Waals surface area contributed by atoms with Crippen LogP contribution in [0.15, 0.2) is 18.3 Å². The van der Waals surface area contributed by atoms with Crippen molar-refractivity contribution in [2.45, 2.75) is 13.3 Å². The number of nitrogens with one attached hydrogen (secondary N) is 1. The van der Waals surface area contributed by atoms with E-state index >= 15 is 0 Å². The minimum Gasteiger partial charge on any atom is -0.341 e. The smallest absolute Gasteiger partial charge is 0.255 e. The lowest BCUT2D eigenvalue weighted by Gasteiger charge is -2.40. The van der Waals surface area contributed by atoms with E-state index < -0.39 is 0 Å². The molecule has 0 aromatic carbocycles. The minimum atomic E-state index is -0.0412. The fourth-order valence-electron chi connectivity index (χ4n) is 2.90. The third-order valence-corrected chi connectivity index (χ3v) is 4.33. The summed E-state index contributed by atoms with van der Waals surface area (Å²) in [6.07, 6.45) is 2.60. The molecule has 2 saturated heterocycles. The maximum Gasteiger partial charge on any atom is 0.255 e. The van der Waals surface area contributed by atoms with E-state index in [-0.39, 0.29) is 17.7 Å². The van der Waals surface area contributed by atoms with Crippen LogP contribution in [0.1, 0.15) is 22.5 Å². The number of hydrogen-bond donors (Lipinski definition) is 1. The molecule has 2 amide bonds. The minimum absolute atomic E-state index is 0.0333. The van der Waals surface area contributed by atoms with Crippen molar-refractivity contribution in [3.8, 4) is 0 Å². The maximum absolute atomic E-state index is 12.4. The summed E-state index contributed by atoms with van der Waals surface area (Å²) in [5.74, 6) is 0.115. The molecule has 0 spiro atoms. The molecule has 2 aliphatic heterocycles. The number of pyridine rings is 1. The molecule has 6 nitrogen and oxygen atoms in total. The molecule has 3 heterocycles. The number of hydrogen-bond acceptors (Lipinski definition) is 4. The van der Waals surface area contributed by atoms with Crippen LogP contribution < -0.4 is 5.32 Å². The fourth-order valence-corrected chi connectivity index (χ4v) is 2.90. The molecular formula is C16H22N4O2. The van der Waals surface area contributed by atoms with Gasteiger partial charge < -0.3 is 15.1 Å². The fraction of sp³-hybridized carbons (Fsp3) is 0.562. The Hall–Kier alpha value is -1.95. The van der Waals surface area contributed by atoms with E-state index in [2.05, 4.69) is 10.3 Å². The molecule has 0 atom stereocenters. The quantitative estimate of drug-likeness (QED) is 0.852. The topological polar surface area (TPSA) is 65.5 Å². The number of carbonyl (C=O) groups is 2. The number of amides is 2. The molecule has 0 radical (unpaired) electrons. The number of rotatable bonds is 2. The van der Waals surface area contributed by atoms with Gasteiger partial charge in [0.15, 0.2) is 0 Å². The zero-order chi connectivity index (χ0) is 15.5. The molecule has 0 unspecified atom stereocenters. The second-order valence-electron chi connectivity index (χ2n) is 6.02. The van der Waals surface area contributed by atoms with Crippen LogP contribution in [0.25, 0.3) is 0 Å². The average Bonchev–Trinajstić information content (AvgIpc) is 2.75. The molecule has 6 heteroatoms. The van der Waals surface area contributed by atoms with Crippen molar-refractivity contribution in [3.63, 3.8) is 0 Å². The number of likely N-dealkylation sites (tertiary alicyclic amines) is 1. The highest BCUT2D eigenvalue weighted by atomic mass is 16.2. The summed E-state index contributed by atoms with van der Waals surface area (Å²) in [4.78, 5) is 32.5. The zero-order valence-electron chi connectivity index (χ0n) is 12.9. The lowest BCUT2D eigenvalue weighted by molar-refractivity contribution is -0.139. The van der Waals surface area contributed by atoms with Crippen molar-refractivity contribution in [1.29, 1.82) is 0 Å². The number of nitrogens with zero attached hydrogens (tertiary/aromatic N) is 3. The van der Waals surface area contributed by atoms with Gasteiger partial charge in [-0.1, -0.05) is 0 Å². The molecule has 1 aromatic heterocycles. The van der Waals surface area contributed by atoms with Crippen LogP contribution in [0.5, 0.6) is 0 Å². The molecule has 22 heavy (non-hydrogen) atoms. The lowest BCUT2D eigenvalue weighted by atomic mass is 9.97. The Morgan fingerprint density at radius 2 is 2.00 bits per heavy atom. The largest absolute Gasteiger partial charge is 0.341 e. The van der Waals surface area contributed by atoms with Gasteiger partial charge in [-0.15, -0.1) is 0 Å². The van der Waals surface area contributed by atoms with Crippen LogP contribution in [0.2, 0.25) is 0 Å². The first kappa shape index (κ1) is 15.0. The van der Waals surface area contributed by atoms with E-state index in [9.17, 15) is 9.59 Å². The van der Waals surface area contributed by atoms with Crippen LogP contribution >= 0.6 is 0 Å². The van der Waals surface area contributed by atoms with Gasteiger partial charge in [-0.3, -0.25) is 14.6 Å². The molecule has 0 aliphatic carbocycles. The van der Waals surface area contributed by atoms with Gasteiger partial charge in [-0.05, 0) is 32.0 Å². The molecule has 2 aliphatic rings. The van der Waals surface area contributed by atoms with Crippen molar-refractivity contribution < 1.29 is 9.59 Å². The average molecular weight is 302 g/mol. The Balaban J connectivity index is 1.53. The summed E-state index contributed by atoms with van der Waals surface area (Å²) in [5.41, 5.74) is 1.48. The Bertz CT molecular complexity index is 544. The normalized spacial score (nSPS) is 19.5. The molecule has 2 fully saturated rings. The standard InChI is InChI=1S/C16H22N4O2/c1-12-3-4-13(9-18-12)15(21)20-10-14(11-20)16(22)19-7-2-5-17-6-8-19/h3-4,9,14,17H,2,5-8,10-11H2,1H3. The lowest BCUT2D eigenvalue weighted by Crippen LogP contribution is -2.56. The number of aryl methyl sites for hydroxylation is 1. The monoisotopic (exact) mass is 302 g/mol. The summed E-state index contributed by atoms with van der Waals surface area (Å²) < 4.78 is 0. The third kappa shape index (κ3) is 3.11. The van der Waals surface area contributed by atoms with Gasteiger partial charge >= 0.3 is 0 Å². The second-order valence-corrected chi connectivity index (χ2v) is 6.02. The number of carbonyl (C=O) groups excluding carboxylic acids is 2. The SMILES string of the molecule is Cc1ccc(C(=O)N2CC(C(=O)N3CCCNCC3)C2)cn1. The van der Waals surface area contributed by atoms with E-state index in [0.29, 0.717) is 18.7 Å². The highest BCUT2D eigenvalue weighted by molar-refractivity contribution is 5.95. The van der Waals surface area contributed by atoms with Gasteiger partial charge in [0.25, 0.3) is 5.91 Å². The summed E-state index contributed by atoms with van der Waals surface area (Å²) in [7, 11) is 0. The van der Waals surface area contributed by atoms with Crippen molar-refractivity contribution in [2.75, 3.05) is 39.3 Å². The Labute approximate surface area is 130 Å². The van der Waals surface area contributed by atoms with Crippen molar-refractivity contribution in [3.05, 3.63) is 29.6 Å². The van der Waals surface area contributed by atoms with E-state index in [1.807, 2.05) is 17.9 Å². The Morgan fingerprint density at radius 3 is 2.73 bits per heavy atom. The molecule has 1 aromatic rings. The molecular weight excluding hydrogens is 280 g/mol. The van der Waals surface area contributed by atoms with E-state index in [0.717, 1.165) is 38.3 Å². The summed E-state index contributed by atoms with van der Waals surface area (Å²) in [6.45, 7) is 6.35. The molecule has 0 saturated carbocycles. The maximum atomic E-state index is 12.4. The van der Waals surface area contributed by atoms with Gasteiger partial charge in [0.1, 0.15) is 0 Å². The summed E-state index contributed by atoms with van der Waals surface area (Å²) in [5, 5.41) is 3.29. The van der Waals surface area contributed by atoms with Gasteiger partial charge in [0.05, 0.1) is 11.5 Å². The Kier molecular flexibility index (Phi) is 4.38. The Morgan fingerprint density at radius 1 is 1.18 bits per heavy atom. The zero-order valence-corrected chi connectivity index (χ0v) is 12.9. The van der Waals surface area contributed by atoms with Gasteiger partial charge in [0, 0.05) is 44.6 Å². The first-order chi connectivity index (χ1) is 10.6. The molecule has 0 bridgehead atoms. The highest BCUT2D eigenvalue weighted by Crippen LogP contribution is 2.21. The molecule has 118 valence electrons.